The van der Waals surface area contributed by atoms with Crippen LogP contribution in [0.1, 0.15) is 24.1 Å². The van der Waals surface area contributed by atoms with Gasteiger partial charge in [0.05, 0.1) is 24.9 Å². The Labute approximate surface area is 147 Å². The van der Waals surface area contributed by atoms with Gasteiger partial charge in [0.25, 0.3) is 0 Å². The Morgan fingerprint density at radius 3 is 2.88 bits per heavy atom. The predicted molar refractivity (Wildman–Crippen MR) is 93.8 cm³/mol. The van der Waals surface area contributed by atoms with Crippen LogP contribution in [0.25, 0.3) is 0 Å². The van der Waals surface area contributed by atoms with Crippen LogP contribution in [0.4, 0.5) is 5.82 Å². The number of carbonyl (C=O) groups excluding carboxylic acids is 1. The van der Waals surface area contributed by atoms with Crippen molar-refractivity contribution in [3.63, 3.8) is 0 Å². The lowest BCUT2D eigenvalue weighted by molar-refractivity contribution is -0.132. The fraction of sp³-hybridized carbons (Fsp3) is 0.588. The van der Waals surface area contributed by atoms with Crippen molar-refractivity contribution in [3.05, 3.63) is 29.7 Å². The molecule has 2 aromatic heterocycles. The van der Waals surface area contributed by atoms with E-state index in [4.69, 9.17) is 10.5 Å². The van der Waals surface area contributed by atoms with Crippen molar-refractivity contribution in [2.45, 2.75) is 44.9 Å². The highest BCUT2D eigenvalue weighted by molar-refractivity contribution is 5.77. The molecule has 0 spiro atoms. The Kier molecular flexibility index (Phi) is 5.08. The van der Waals surface area contributed by atoms with E-state index in [-0.39, 0.29) is 18.1 Å². The summed E-state index contributed by atoms with van der Waals surface area (Å²) < 4.78 is 9.12. The molecule has 8 nitrogen and oxygen atoms in total. The largest absolute Gasteiger partial charge is 0.382 e. The van der Waals surface area contributed by atoms with Gasteiger partial charge in [-0.25, -0.2) is 0 Å². The van der Waals surface area contributed by atoms with Gasteiger partial charge in [-0.2, -0.15) is 10.2 Å². The Morgan fingerprint density at radius 2 is 2.28 bits per heavy atom. The number of aryl methyl sites for hydroxylation is 2. The summed E-state index contributed by atoms with van der Waals surface area (Å²) in [5.41, 5.74) is 7.91. The molecular weight excluding hydrogens is 320 g/mol. The van der Waals surface area contributed by atoms with E-state index in [0.29, 0.717) is 31.7 Å². The Bertz CT molecular complexity index is 737. The molecule has 0 bridgehead atoms. The molecule has 3 heterocycles. The molecule has 0 aromatic carbocycles. The zero-order valence-corrected chi connectivity index (χ0v) is 15.1. The zero-order valence-electron chi connectivity index (χ0n) is 15.1. The second-order valence-corrected chi connectivity index (χ2v) is 6.63. The highest BCUT2D eigenvalue weighted by Gasteiger charge is 2.35. The molecule has 1 aliphatic rings. The molecule has 0 unspecified atom stereocenters. The Morgan fingerprint density at radius 1 is 1.48 bits per heavy atom. The maximum atomic E-state index is 12.8. The van der Waals surface area contributed by atoms with Gasteiger partial charge in [-0.05, 0) is 31.4 Å². The number of anilines is 1. The lowest BCUT2D eigenvalue weighted by atomic mass is 10.1. The van der Waals surface area contributed by atoms with E-state index in [1.54, 1.807) is 17.9 Å². The summed E-state index contributed by atoms with van der Waals surface area (Å²) in [5, 5.41) is 8.47. The van der Waals surface area contributed by atoms with E-state index < -0.39 is 0 Å². The van der Waals surface area contributed by atoms with Crippen LogP contribution in [0.2, 0.25) is 0 Å². The minimum Gasteiger partial charge on any atom is -0.382 e. The van der Waals surface area contributed by atoms with Gasteiger partial charge in [0.1, 0.15) is 5.82 Å². The third-order valence-electron chi connectivity index (χ3n) is 5.03. The van der Waals surface area contributed by atoms with Crippen molar-refractivity contribution in [2.24, 2.45) is 7.05 Å². The second kappa shape index (κ2) is 7.26. The number of nitrogens with two attached hydrogens (primary N) is 1. The van der Waals surface area contributed by atoms with Crippen LogP contribution in [-0.2, 0) is 29.5 Å². The SMILES string of the molecule is CO[C@@H]1C[C@@H](Cn2ccc(N)n2)N(C(=O)CCc2cnn(C)c2C)C1. The van der Waals surface area contributed by atoms with Crippen LogP contribution in [0, 0.1) is 6.92 Å². The highest BCUT2D eigenvalue weighted by atomic mass is 16.5. The molecule has 1 fully saturated rings. The fourth-order valence-electron chi connectivity index (χ4n) is 3.39. The molecular formula is C17H26N6O2. The molecule has 1 aliphatic heterocycles. The Balaban J connectivity index is 1.64. The number of carbonyl (C=O) groups is 1. The van der Waals surface area contributed by atoms with Crippen molar-refractivity contribution in [3.8, 4) is 0 Å². The molecule has 2 N–H and O–H groups in total. The monoisotopic (exact) mass is 346 g/mol. The highest BCUT2D eigenvalue weighted by Crippen LogP contribution is 2.23. The summed E-state index contributed by atoms with van der Waals surface area (Å²) in [6, 6.07) is 1.84. The fourth-order valence-corrected chi connectivity index (χ4v) is 3.39. The average Bonchev–Trinajstić information content (AvgIpc) is 3.27. The van der Waals surface area contributed by atoms with E-state index in [0.717, 1.165) is 17.7 Å². The van der Waals surface area contributed by atoms with Gasteiger partial charge in [-0.15, -0.1) is 0 Å². The minimum absolute atomic E-state index is 0.0713. The lowest BCUT2D eigenvalue weighted by Crippen LogP contribution is -2.38. The number of hydrogen-bond acceptors (Lipinski definition) is 5. The standard InChI is InChI=1S/C17H26N6O2/c1-12-13(9-19-21(12)2)4-5-17(24)23-11-15(25-3)8-14(23)10-22-7-6-16(18)20-22/h6-7,9,14-15H,4-5,8,10-11H2,1-3H3,(H2,18,20)/t14-,15+/m0/s1. The number of likely N-dealkylation sites (tertiary alicyclic amines) is 1. The van der Waals surface area contributed by atoms with Crippen molar-refractivity contribution in [2.75, 3.05) is 19.4 Å². The molecule has 0 saturated carbocycles. The normalized spacial score (nSPS) is 20.4. The van der Waals surface area contributed by atoms with Crippen LogP contribution in [0.15, 0.2) is 18.5 Å². The lowest BCUT2D eigenvalue weighted by Gasteiger charge is -2.24. The number of methoxy groups -OCH3 is 1. The predicted octanol–water partition coefficient (Wildman–Crippen LogP) is 0.756. The summed E-state index contributed by atoms with van der Waals surface area (Å²) in [6.45, 7) is 3.28. The summed E-state index contributed by atoms with van der Waals surface area (Å²) in [6.07, 6.45) is 5.75. The van der Waals surface area contributed by atoms with Gasteiger partial charge in [0.2, 0.25) is 5.91 Å². The molecule has 0 radical (unpaired) electrons. The minimum atomic E-state index is 0.0713. The number of hydrogen-bond donors (Lipinski definition) is 1. The summed E-state index contributed by atoms with van der Waals surface area (Å²) in [7, 11) is 3.61. The van der Waals surface area contributed by atoms with Crippen molar-refractivity contribution >= 4 is 11.7 Å². The number of nitrogens with zero attached hydrogens (tertiary/aromatic N) is 5. The average molecular weight is 346 g/mol. The van der Waals surface area contributed by atoms with Gasteiger partial charge >= 0.3 is 0 Å². The van der Waals surface area contributed by atoms with Crippen molar-refractivity contribution in [1.29, 1.82) is 0 Å². The third kappa shape index (κ3) is 3.84. The molecule has 1 amide bonds. The van der Waals surface area contributed by atoms with Crippen molar-refractivity contribution in [1.82, 2.24) is 24.5 Å². The summed E-state index contributed by atoms with van der Waals surface area (Å²) in [4.78, 5) is 14.7. The smallest absolute Gasteiger partial charge is 0.223 e. The molecule has 2 atom stereocenters. The number of amides is 1. The van der Waals surface area contributed by atoms with E-state index in [1.165, 1.54) is 0 Å². The summed E-state index contributed by atoms with van der Waals surface area (Å²) >= 11 is 0. The van der Waals surface area contributed by atoms with E-state index in [2.05, 4.69) is 10.2 Å². The molecule has 8 heteroatoms. The first kappa shape index (κ1) is 17.5. The molecule has 2 aromatic rings. The van der Waals surface area contributed by atoms with Crippen LogP contribution < -0.4 is 5.73 Å². The quantitative estimate of drug-likeness (QED) is 0.834. The van der Waals surface area contributed by atoms with Gasteiger partial charge in [-0.3, -0.25) is 14.2 Å². The third-order valence-corrected chi connectivity index (χ3v) is 5.03. The molecule has 136 valence electrons. The van der Waals surface area contributed by atoms with Crippen molar-refractivity contribution < 1.29 is 9.53 Å². The van der Waals surface area contributed by atoms with E-state index in [9.17, 15) is 4.79 Å². The Hall–Kier alpha value is -2.35. The van der Waals surface area contributed by atoms with Gasteiger partial charge in [0, 0.05) is 39.0 Å². The van der Waals surface area contributed by atoms with Gasteiger partial charge < -0.3 is 15.4 Å². The van der Waals surface area contributed by atoms with Gasteiger partial charge in [0.15, 0.2) is 0 Å². The molecule has 0 aliphatic carbocycles. The zero-order chi connectivity index (χ0) is 18.0. The number of aromatic nitrogens is 4. The number of rotatable bonds is 6. The topological polar surface area (TPSA) is 91.2 Å². The second-order valence-electron chi connectivity index (χ2n) is 6.63. The molecule has 3 rings (SSSR count). The maximum Gasteiger partial charge on any atom is 0.223 e. The molecule has 1 saturated heterocycles. The van der Waals surface area contributed by atoms with E-state index in [1.807, 2.05) is 35.9 Å². The van der Waals surface area contributed by atoms with E-state index >= 15 is 0 Å². The number of nitrogen functional groups attached to an aromatic ring is 1. The molecule has 25 heavy (non-hydrogen) atoms. The first-order valence-electron chi connectivity index (χ1n) is 8.56. The first-order valence-corrected chi connectivity index (χ1v) is 8.56. The number of ether oxygens (including phenoxy) is 1. The van der Waals surface area contributed by atoms with Crippen LogP contribution in [-0.4, -0.2) is 56.2 Å². The van der Waals surface area contributed by atoms with Crippen LogP contribution in [0.3, 0.4) is 0 Å². The van der Waals surface area contributed by atoms with Crippen LogP contribution in [0.5, 0.6) is 0 Å². The van der Waals surface area contributed by atoms with Gasteiger partial charge in [-0.1, -0.05) is 0 Å². The summed E-state index contributed by atoms with van der Waals surface area (Å²) in [5.74, 6) is 0.638. The first-order chi connectivity index (χ1) is 12.0. The van der Waals surface area contributed by atoms with Crippen LogP contribution >= 0.6 is 0 Å². The maximum absolute atomic E-state index is 12.8.